The average molecular weight is 480 g/mol. The molecule has 4 heterocycles. The van der Waals surface area contributed by atoms with Gasteiger partial charge in [-0.25, -0.2) is 9.37 Å². The van der Waals surface area contributed by atoms with Gasteiger partial charge in [-0.2, -0.15) is 5.10 Å². The fourth-order valence-electron chi connectivity index (χ4n) is 4.26. The number of carbonyl (C=O) groups excluding carboxylic acids is 1. The van der Waals surface area contributed by atoms with E-state index in [1.807, 2.05) is 16.9 Å². The molecule has 1 fully saturated rings. The van der Waals surface area contributed by atoms with Crippen molar-refractivity contribution >= 4 is 34.1 Å². The first kappa shape index (κ1) is 22.2. The highest BCUT2D eigenvalue weighted by Gasteiger charge is 2.31. The lowest BCUT2D eigenvalue weighted by Crippen LogP contribution is -2.39. The maximum atomic E-state index is 14.1. The van der Waals surface area contributed by atoms with E-state index in [0.717, 1.165) is 11.1 Å². The normalized spacial score (nSPS) is 17.9. The van der Waals surface area contributed by atoms with Crippen LogP contribution in [0.4, 0.5) is 10.2 Å². The number of amides is 1. The van der Waals surface area contributed by atoms with Crippen LogP contribution in [-0.2, 0) is 4.79 Å². The van der Waals surface area contributed by atoms with E-state index in [4.69, 9.17) is 17.3 Å². The third kappa shape index (κ3) is 3.97. The minimum Gasteiger partial charge on any atom is -0.383 e. The molecule has 0 spiro atoms. The first-order valence-electron chi connectivity index (χ1n) is 10.8. The van der Waals surface area contributed by atoms with Crippen LogP contribution in [0.5, 0.6) is 0 Å². The van der Waals surface area contributed by atoms with Gasteiger partial charge in [-0.3, -0.25) is 14.5 Å². The molecule has 2 atom stereocenters. The van der Waals surface area contributed by atoms with E-state index in [1.54, 1.807) is 37.5 Å². The molecule has 3 aromatic heterocycles. The van der Waals surface area contributed by atoms with E-state index in [1.165, 1.54) is 18.3 Å². The van der Waals surface area contributed by atoms with Crippen LogP contribution in [0.3, 0.4) is 0 Å². The first-order valence-corrected chi connectivity index (χ1v) is 11.2. The summed E-state index contributed by atoms with van der Waals surface area (Å²) < 4.78 is 16.0. The zero-order valence-corrected chi connectivity index (χ0v) is 19.4. The van der Waals surface area contributed by atoms with Crippen molar-refractivity contribution in [2.45, 2.75) is 18.5 Å². The molecule has 5 rings (SSSR count). The van der Waals surface area contributed by atoms with Crippen LogP contribution in [-0.4, -0.2) is 57.2 Å². The topological polar surface area (TPSA) is 102 Å². The highest BCUT2D eigenvalue weighted by Crippen LogP contribution is 2.33. The van der Waals surface area contributed by atoms with Gasteiger partial charge in [0.2, 0.25) is 5.91 Å². The number of likely N-dealkylation sites (N-methyl/N-ethyl adjacent to an activating group) is 1. The Hall–Kier alpha value is -3.56. The van der Waals surface area contributed by atoms with E-state index in [-0.39, 0.29) is 23.8 Å². The highest BCUT2D eigenvalue weighted by atomic mass is 35.5. The van der Waals surface area contributed by atoms with E-state index >= 15 is 0 Å². The third-order valence-electron chi connectivity index (χ3n) is 6.14. The molecule has 8 nitrogen and oxygen atoms in total. The van der Waals surface area contributed by atoms with Crippen molar-refractivity contribution in [3.8, 4) is 22.4 Å². The molecule has 0 saturated carbocycles. The van der Waals surface area contributed by atoms with Crippen molar-refractivity contribution in [2.24, 2.45) is 0 Å². The van der Waals surface area contributed by atoms with Crippen LogP contribution < -0.4 is 11.1 Å². The molecular weight excluding hydrogens is 457 g/mol. The number of halogens is 2. The molecule has 10 heteroatoms. The number of benzene rings is 1. The quantitative estimate of drug-likeness (QED) is 0.464. The lowest BCUT2D eigenvalue weighted by atomic mass is 10.0. The second kappa shape index (κ2) is 8.66. The second-order valence-electron chi connectivity index (χ2n) is 8.59. The fraction of sp³-hybridized carbons (Fsp3) is 0.250. The Morgan fingerprint density at radius 3 is 2.79 bits per heavy atom. The molecule has 34 heavy (non-hydrogen) atoms. The molecule has 0 aliphatic carbocycles. The van der Waals surface area contributed by atoms with Gasteiger partial charge in [0.25, 0.3) is 0 Å². The summed E-state index contributed by atoms with van der Waals surface area (Å²) >= 11 is 6.29. The van der Waals surface area contributed by atoms with E-state index < -0.39 is 0 Å². The number of aromatic nitrogens is 4. The Bertz CT molecular complexity index is 1400. The van der Waals surface area contributed by atoms with E-state index in [2.05, 4.69) is 20.4 Å². The number of anilines is 1. The van der Waals surface area contributed by atoms with Crippen molar-refractivity contribution in [3.05, 3.63) is 59.9 Å². The SMILES string of the molecule is CN(C)C(=O)[C@@H]1C[C@H](n2cc(-c3cnc(N)c(-c4cc5c(Cl)ccc(F)c5cn4)c3)cn2)CN1. The zero-order valence-electron chi connectivity index (χ0n) is 18.7. The molecular formula is C24H23ClFN7O. The van der Waals surface area contributed by atoms with Crippen LogP contribution in [0.1, 0.15) is 12.5 Å². The summed E-state index contributed by atoms with van der Waals surface area (Å²) in [6.45, 7) is 0.662. The van der Waals surface area contributed by atoms with Gasteiger partial charge in [-0.05, 0) is 30.7 Å². The monoisotopic (exact) mass is 479 g/mol. The molecule has 174 valence electrons. The van der Waals surface area contributed by atoms with E-state index in [9.17, 15) is 9.18 Å². The number of pyridine rings is 2. The van der Waals surface area contributed by atoms with Gasteiger partial charge in [0.1, 0.15) is 11.6 Å². The Morgan fingerprint density at radius 2 is 2.00 bits per heavy atom. The lowest BCUT2D eigenvalue weighted by molar-refractivity contribution is -0.130. The Balaban J connectivity index is 1.44. The van der Waals surface area contributed by atoms with Crippen molar-refractivity contribution < 1.29 is 9.18 Å². The predicted octanol–water partition coefficient (Wildman–Crippen LogP) is 3.53. The number of fused-ring (bicyclic) bond motifs is 1. The van der Waals surface area contributed by atoms with Crippen LogP contribution in [0, 0.1) is 5.82 Å². The Morgan fingerprint density at radius 1 is 1.18 bits per heavy atom. The molecule has 1 amide bonds. The maximum absolute atomic E-state index is 14.1. The number of rotatable bonds is 4. The number of nitrogens with zero attached hydrogens (tertiary/aromatic N) is 5. The molecule has 0 unspecified atom stereocenters. The Labute approximate surface area is 200 Å². The van der Waals surface area contributed by atoms with Gasteiger partial charge in [-0.1, -0.05) is 11.6 Å². The minimum absolute atomic E-state index is 0.0603. The summed E-state index contributed by atoms with van der Waals surface area (Å²) in [5.74, 6) is -0.0210. The summed E-state index contributed by atoms with van der Waals surface area (Å²) in [5, 5.41) is 9.12. The number of hydrogen-bond donors (Lipinski definition) is 2. The van der Waals surface area contributed by atoms with Crippen molar-refractivity contribution in [1.82, 2.24) is 30.0 Å². The number of nitrogens with one attached hydrogen (secondary N) is 1. The number of carbonyl (C=O) groups is 1. The molecule has 1 aliphatic heterocycles. The van der Waals surface area contributed by atoms with Crippen LogP contribution in [0.25, 0.3) is 33.2 Å². The summed E-state index contributed by atoms with van der Waals surface area (Å²) in [5.41, 5.74) is 9.00. The molecule has 0 bridgehead atoms. The largest absolute Gasteiger partial charge is 0.383 e. The summed E-state index contributed by atoms with van der Waals surface area (Å²) in [7, 11) is 3.51. The minimum atomic E-state index is -0.387. The van der Waals surface area contributed by atoms with Crippen LogP contribution in [0.2, 0.25) is 5.02 Å². The third-order valence-corrected chi connectivity index (χ3v) is 6.47. The molecule has 0 radical (unpaired) electrons. The molecule has 3 N–H and O–H groups in total. The number of hydrogen-bond acceptors (Lipinski definition) is 6. The summed E-state index contributed by atoms with van der Waals surface area (Å²) in [6, 6.07) is 6.29. The summed E-state index contributed by atoms with van der Waals surface area (Å²) in [4.78, 5) is 22.6. The second-order valence-corrected chi connectivity index (χ2v) is 9.00. The van der Waals surface area contributed by atoms with E-state index in [0.29, 0.717) is 45.8 Å². The van der Waals surface area contributed by atoms with Crippen molar-refractivity contribution in [3.63, 3.8) is 0 Å². The van der Waals surface area contributed by atoms with Crippen molar-refractivity contribution in [2.75, 3.05) is 26.4 Å². The smallest absolute Gasteiger partial charge is 0.239 e. The number of nitrogens with two attached hydrogens (primary N) is 1. The van der Waals surface area contributed by atoms with Gasteiger partial charge in [0.15, 0.2) is 0 Å². The zero-order chi connectivity index (χ0) is 24.0. The predicted molar refractivity (Wildman–Crippen MR) is 130 cm³/mol. The molecule has 1 saturated heterocycles. The van der Waals surface area contributed by atoms with Gasteiger partial charge >= 0.3 is 0 Å². The molecule has 1 aliphatic rings. The summed E-state index contributed by atoms with van der Waals surface area (Å²) in [6.07, 6.45) is 7.50. The standard InChI is InChI=1S/C24H23ClFN7O/c1-32(2)24(34)22-6-15(10-28-22)33-12-14(9-31-33)13-5-17(23(27)30-8-13)21-7-16-18(11-29-21)20(26)4-3-19(16)25/h3-5,7-9,11-12,15,22,28H,6,10H2,1-2H3,(H2,27,30)/t15-,22-/m0/s1. The number of nitrogen functional groups attached to an aromatic ring is 1. The first-order chi connectivity index (χ1) is 16.3. The molecule has 4 aromatic rings. The van der Waals surface area contributed by atoms with Gasteiger partial charge < -0.3 is 16.0 Å². The Kier molecular flexibility index (Phi) is 5.66. The lowest BCUT2D eigenvalue weighted by Gasteiger charge is -2.16. The highest BCUT2D eigenvalue weighted by molar-refractivity contribution is 6.35. The van der Waals surface area contributed by atoms with Crippen LogP contribution in [0.15, 0.2) is 49.1 Å². The fourth-order valence-corrected chi connectivity index (χ4v) is 4.48. The maximum Gasteiger partial charge on any atom is 0.239 e. The molecule has 1 aromatic carbocycles. The van der Waals surface area contributed by atoms with Crippen LogP contribution >= 0.6 is 11.6 Å². The van der Waals surface area contributed by atoms with Gasteiger partial charge in [0.05, 0.1) is 24.0 Å². The van der Waals surface area contributed by atoms with Crippen molar-refractivity contribution in [1.29, 1.82) is 0 Å². The van der Waals surface area contributed by atoms with Gasteiger partial charge in [-0.15, -0.1) is 0 Å². The average Bonchev–Trinajstić information content (AvgIpc) is 3.51. The van der Waals surface area contributed by atoms with Gasteiger partial charge in [0, 0.05) is 71.7 Å².